The zero-order valence-corrected chi connectivity index (χ0v) is 24.7. The molecule has 1 amide bonds. The van der Waals surface area contributed by atoms with E-state index < -0.39 is 41.0 Å². The molecule has 0 spiro atoms. The number of alkyl halides is 6. The number of hydrogen-bond acceptors (Lipinski definition) is 4. The minimum absolute atomic E-state index is 0.0323. The summed E-state index contributed by atoms with van der Waals surface area (Å²) in [6.45, 7) is 2.39. The molecule has 6 rings (SSSR count). The van der Waals surface area contributed by atoms with E-state index >= 15 is 0 Å². The van der Waals surface area contributed by atoms with E-state index in [9.17, 15) is 31.1 Å². The van der Waals surface area contributed by atoms with Gasteiger partial charge in [0.25, 0.3) is 5.91 Å². The molecule has 5 aromatic rings. The first-order chi connectivity index (χ1) is 21.8. The fourth-order valence-electron chi connectivity index (χ4n) is 6.03. The van der Waals surface area contributed by atoms with Crippen LogP contribution >= 0.6 is 0 Å². The lowest BCUT2D eigenvalue weighted by Crippen LogP contribution is -2.50. The summed E-state index contributed by atoms with van der Waals surface area (Å²) in [5, 5.41) is 3.51. The van der Waals surface area contributed by atoms with Crippen LogP contribution in [0.1, 0.15) is 51.4 Å². The highest BCUT2D eigenvalue weighted by molar-refractivity contribution is 5.95. The second kappa shape index (κ2) is 12.2. The number of hydrogen-bond donors (Lipinski definition) is 1. The molecule has 240 valence electrons. The van der Waals surface area contributed by atoms with Gasteiger partial charge in [0.15, 0.2) is 0 Å². The number of nitrogens with one attached hydrogen (secondary N) is 1. The molecule has 2 atom stereocenters. The number of fused-ring (bicyclic) bond motifs is 1. The second-order valence-electron chi connectivity index (χ2n) is 11.5. The molecule has 0 aliphatic carbocycles. The number of likely N-dealkylation sites (tertiary alicyclic amines) is 1. The Morgan fingerprint density at radius 2 is 1.59 bits per heavy atom. The Hall–Kier alpha value is -4.74. The smallest absolute Gasteiger partial charge is 0.416 e. The van der Waals surface area contributed by atoms with E-state index in [-0.39, 0.29) is 18.7 Å². The summed E-state index contributed by atoms with van der Waals surface area (Å²) in [4.78, 5) is 19.9. The first-order valence-corrected chi connectivity index (χ1v) is 14.8. The normalized spacial score (nSPS) is 17.4. The fraction of sp³-hybridized carbons (Fsp3) is 0.294. The van der Waals surface area contributed by atoms with E-state index in [0.29, 0.717) is 43.9 Å². The molecule has 6 nitrogen and oxygen atoms in total. The summed E-state index contributed by atoms with van der Waals surface area (Å²) in [6.07, 6.45) is -8.98. The molecular formula is C34H30F6N4O2. The van der Waals surface area contributed by atoms with Crippen molar-refractivity contribution >= 4 is 22.9 Å². The third-order valence-corrected chi connectivity index (χ3v) is 8.22. The molecule has 1 aliphatic rings. The third kappa shape index (κ3) is 6.75. The van der Waals surface area contributed by atoms with Gasteiger partial charge < -0.3 is 19.2 Å². The number of aromatic nitrogens is 2. The number of furan rings is 1. The summed E-state index contributed by atoms with van der Waals surface area (Å²) in [5.41, 5.74) is -1.15. The van der Waals surface area contributed by atoms with Crippen molar-refractivity contribution in [2.45, 2.75) is 57.2 Å². The lowest BCUT2D eigenvalue weighted by molar-refractivity contribution is -0.143. The Bertz CT molecular complexity index is 1810. The molecule has 12 heteroatoms. The second-order valence-corrected chi connectivity index (χ2v) is 11.5. The van der Waals surface area contributed by atoms with E-state index in [1.165, 1.54) is 4.90 Å². The van der Waals surface area contributed by atoms with E-state index in [1.807, 2.05) is 78.2 Å². The van der Waals surface area contributed by atoms with Gasteiger partial charge in [0, 0.05) is 24.2 Å². The Morgan fingerprint density at radius 1 is 0.913 bits per heavy atom. The molecular weight excluding hydrogens is 610 g/mol. The molecule has 1 aliphatic heterocycles. The molecule has 1 saturated heterocycles. The molecule has 2 aromatic heterocycles. The van der Waals surface area contributed by atoms with Gasteiger partial charge in [0.2, 0.25) is 5.95 Å². The SMILES string of the molecule is Cc1ccc(Cn2c(NC3CCN(C(=O)c4cc(C(F)(F)F)cc(C(F)(F)F)c4)C(Cc4ccccc4)C3)nc3ccccc32)o1. The van der Waals surface area contributed by atoms with Crippen molar-refractivity contribution in [2.75, 3.05) is 11.9 Å². The van der Waals surface area contributed by atoms with Gasteiger partial charge in [-0.2, -0.15) is 26.3 Å². The minimum atomic E-state index is -5.06. The third-order valence-electron chi connectivity index (χ3n) is 8.22. The Balaban J connectivity index is 1.31. The maximum absolute atomic E-state index is 13.7. The number of anilines is 1. The number of para-hydroxylation sites is 2. The van der Waals surface area contributed by atoms with Crippen LogP contribution in [0.3, 0.4) is 0 Å². The molecule has 1 N–H and O–H groups in total. The molecule has 3 aromatic carbocycles. The predicted molar refractivity (Wildman–Crippen MR) is 160 cm³/mol. The number of imidazole rings is 1. The average molecular weight is 641 g/mol. The van der Waals surface area contributed by atoms with Crippen LogP contribution in [-0.4, -0.2) is 39.0 Å². The van der Waals surface area contributed by atoms with Gasteiger partial charge in [-0.1, -0.05) is 42.5 Å². The summed E-state index contributed by atoms with van der Waals surface area (Å²) in [7, 11) is 0. The van der Waals surface area contributed by atoms with Gasteiger partial charge >= 0.3 is 12.4 Å². The van der Waals surface area contributed by atoms with Gasteiger partial charge in [-0.25, -0.2) is 4.98 Å². The summed E-state index contributed by atoms with van der Waals surface area (Å²) in [5.74, 6) is 1.23. The summed E-state index contributed by atoms with van der Waals surface area (Å²) < 4.78 is 89.4. The van der Waals surface area contributed by atoms with Crippen LogP contribution in [-0.2, 0) is 25.3 Å². The van der Waals surface area contributed by atoms with Crippen LogP contribution in [0.25, 0.3) is 11.0 Å². The lowest BCUT2D eigenvalue weighted by atomic mass is 9.91. The number of rotatable bonds is 7. The standard InChI is InChI=1S/C34H30F6N4O2/c1-21-11-12-28(46-21)20-44-30-10-6-5-9-29(30)42-32(44)41-26-13-14-43(27(19-26)15-22-7-3-2-4-8-22)31(45)23-16-24(33(35,36)37)18-25(17-23)34(38,39)40/h2-12,16-18,26-27H,13-15,19-20H2,1H3,(H,41,42). The summed E-state index contributed by atoms with van der Waals surface area (Å²) in [6, 6.07) is 21.0. The highest BCUT2D eigenvalue weighted by atomic mass is 19.4. The van der Waals surface area contributed by atoms with Crippen molar-refractivity contribution in [3.63, 3.8) is 0 Å². The number of carbonyl (C=O) groups is 1. The quantitative estimate of drug-likeness (QED) is 0.182. The number of benzene rings is 3. The Labute approximate surface area is 260 Å². The lowest BCUT2D eigenvalue weighted by Gasteiger charge is -2.40. The zero-order valence-electron chi connectivity index (χ0n) is 24.7. The molecule has 0 bridgehead atoms. The topological polar surface area (TPSA) is 63.3 Å². The Morgan fingerprint density at radius 3 is 2.24 bits per heavy atom. The maximum atomic E-state index is 13.7. The van der Waals surface area contributed by atoms with Crippen LogP contribution in [0, 0.1) is 6.92 Å². The van der Waals surface area contributed by atoms with Crippen molar-refractivity contribution in [1.82, 2.24) is 14.5 Å². The molecule has 1 fully saturated rings. The van der Waals surface area contributed by atoms with Crippen molar-refractivity contribution in [1.29, 1.82) is 0 Å². The predicted octanol–water partition coefficient (Wildman–Crippen LogP) is 8.35. The van der Waals surface area contributed by atoms with Crippen molar-refractivity contribution in [2.24, 2.45) is 0 Å². The number of amides is 1. The van der Waals surface area contributed by atoms with E-state index in [0.717, 1.165) is 28.1 Å². The van der Waals surface area contributed by atoms with Gasteiger partial charge in [0.05, 0.1) is 28.7 Å². The van der Waals surface area contributed by atoms with Crippen molar-refractivity contribution in [3.8, 4) is 0 Å². The molecule has 46 heavy (non-hydrogen) atoms. The zero-order chi connectivity index (χ0) is 32.6. The van der Waals surface area contributed by atoms with Crippen LogP contribution < -0.4 is 5.32 Å². The van der Waals surface area contributed by atoms with Gasteiger partial charge in [-0.05, 0) is 74.2 Å². The number of nitrogens with zero attached hydrogens (tertiary/aromatic N) is 3. The number of piperidine rings is 1. The largest absolute Gasteiger partial charge is 0.464 e. The first kappa shape index (κ1) is 31.3. The van der Waals surface area contributed by atoms with Gasteiger partial charge in [-0.15, -0.1) is 0 Å². The van der Waals surface area contributed by atoms with E-state index in [1.54, 1.807) is 0 Å². The van der Waals surface area contributed by atoms with Crippen LogP contribution in [0.5, 0.6) is 0 Å². The summed E-state index contributed by atoms with van der Waals surface area (Å²) >= 11 is 0. The van der Waals surface area contributed by atoms with Gasteiger partial charge in [-0.3, -0.25) is 4.79 Å². The highest BCUT2D eigenvalue weighted by Crippen LogP contribution is 2.37. The Kier molecular flexibility index (Phi) is 8.30. The van der Waals surface area contributed by atoms with E-state index in [4.69, 9.17) is 9.40 Å². The average Bonchev–Trinajstić information content (AvgIpc) is 3.59. The van der Waals surface area contributed by atoms with Crippen LogP contribution in [0.2, 0.25) is 0 Å². The first-order valence-electron chi connectivity index (χ1n) is 14.8. The van der Waals surface area contributed by atoms with Crippen LogP contribution in [0.15, 0.2) is 89.3 Å². The monoisotopic (exact) mass is 640 g/mol. The fourth-order valence-corrected chi connectivity index (χ4v) is 6.03. The molecule has 0 radical (unpaired) electrons. The molecule has 0 saturated carbocycles. The molecule has 3 heterocycles. The number of aryl methyl sites for hydroxylation is 1. The number of carbonyl (C=O) groups excluding carboxylic acids is 1. The van der Waals surface area contributed by atoms with Crippen LogP contribution in [0.4, 0.5) is 32.3 Å². The van der Waals surface area contributed by atoms with E-state index in [2.05, 4.69) is 5.32 Å². The maximum Gasteiger partial charge on any atom is 0.416 e. The van der Waals surface area contributed by atoms with Gasteiger partial charge in [0.1, 0.15) is 11.5 Å². The number of halogens is 6. The molecule has 2 unspecified atom stereocenters. The van der Waals surface area contributed by atoms with Crippen molar-refractivity contribution in [3.05, 3.63) is 119 Å². The minimum Gasteiger partial charge on any atom is -0.464 e. The highest BCUT2D eigenvalue weighted by Gasteiger charge is 2.39. The van der Waals surface area contributed by atoms with Crippen molar-refractivity contribution < 1.29 is 35.6 Å².